The monoisotopic (exact) mass is 620 g/mol. The number of nitrogens with one attached hydrogen (secondary N) is 2. The van der Waals surface area contributed by atoms with Crippen molar-refractivity contribution >= 4 is 42.3 Å². The van der Waals surface area contributed by atoms with Crippen LogP contribution in [0.25, 0.3) is 30.4 Å². The summed E-state index contributed by atoms with van der Waals surface area (Å²) >= 11 is 0. The molecule has 0 saturated heterocycles. The molecule has 1 radical (unpaired) electrons. The van der Waals surface area contributed by atoms with Crippen molar-refractivity contribution in [1.29, 1.82) is 0 Å². The summed E-state index contributed by atoms with van der Waals surface area (Å²) in [6.45, 7) is 16.2. The van der Waals surface area contributed by atoms with Crippen molar-refractivity contribution in [2.24, 2.45) is 0 Å². The van der Waals surface area contributed by atoms with E-state index in [-0.39, 0.29) is 42.0 Å². The largest absolute Gasteiger partial charge is 5.00 e. The molecule has 9 heteroatoms. The van der Waals surface area contributed by atoms with Crippen molar-refractivity contribution in [3.63, 3.8) is 0 Å². The molecule has 4 N–H and O–H groups in total. The zero-order valence-electron chi connectivity index (χ0n) is 24.8. The van der Waals surface area contributed by atoms with E-state index in [1.54, 1.807) is 0 Å². The Kier molecular flexibility index (Phi) is 9.28. The van der Waals surface area contributed by atoms with E-state index in [0.717, 1.165) is 72.7 Å². The molecule has 8 nitrogen and oxygen atoms in total. The van der Waals surface area contributed by atoms with Crippen LogP contribution in [0.2, 0.25) is 0 Å². The van der Waals surface area contributed by atoms with Gasteiger partial charge in [-0.1, -0.05) is 66.3 Å². The van der Waals surface area contributed by atoms with Gasteiger partial charge in [-0.15, -0.1) is 22.1 Å². The Hall–Kier alpha value is -4.20. The molecule has 43 heavy (non-hydrogen) atoms. The standard InChI is InChI=1S/C34H36N4O4.Fe/c1-7-21-17(3)25-13-26-19(5)23(9-11-33(39)40)31(37-26)16-32-24(10-12-34(41)42)20(6)28(38-32)15-30-22(8-2)18(4)27(36-30)14-29(21)35-25;/h7-8,13-16,30-31,36-37H,1-2,9-12H2,3-6H3,(H,39,40)(H,41,42);/q-2;+5. The van der Waals surface area contributed by atoms with Crippen LogP contribution in [-0.4, -0.2) is 34.2 Å². The van der Waals surface area contributed by atoms with Crippen LogP contribution in [0.4, 0.5) is 0 Å². The second kappa shape index (κ2) is 12.6. The van der Waals surface area contributed by atoms with Crippen LogP contribution in [0.5, 0.6) is 0 Å². The van der Waals surface area contributed by atoms with Gasteiger partial charge in [-0.3, -0.25) is 9.59 Å². The smallest absolute Gasteiger partial charge is 0.658 e. The predicted molar refractivity (Wildman–Crippen MR) is 165 cm³/mol. The second-order valence-corrected chi connectivity index (χ2v) is 11.0. The van der Waals surface area contributed by atoms with Gasteiger partial charge in [-0.25, -0.2) is 0 Å². The van der Waals surface area contributed by atoms with Gasteiger partial charge in [-0.2, -0.15) is 0 Å². The van der Waals surface area contributed by atoms with Gasteiger partial charge in [0.2, 0.25) is 0 Å². The van der Waals surface area contributed by atoms with Gasteiger partial charge < -0.3 is 30.8 Å². The summed E-state index contributed by atoms with van der Waals surface area (Å²) in [5.41, 5.74) is 11.2. The molecule has 0 spiro atoms. The molecule has 5 rings (SSSR count). The Bertz CT molecular complexity index is 1780. The SMILES string of the molecule is C=CC1=C(C)C2=Cc3[n-]c(c(C)c3C=C)C=C3NC(C=c4[n-]c(c(C)c4CCC(=O)O)=CC1N2)C(CCC(=O)O)=C3C.[Fe+5]. The molecule has 0 amide bonds. The normalized spacial score (nSPS) is 18.9. The molecule has 0 fully saturated rings. The van der Waals surface area contributed by atoms with Crippen LogP contribution in [0.3, 0.4) is 0 Å². The number of carboxylic acids is 2. The van der Waals surface area contributed by atoms with Crippen LogP contribution in [0.1, 0.15) is 66.8 Å². The number of carbonyl (C=O) groups is 2. The van der Waals surface area contributed by atoms with Gasteiger partial charge in [0, 0.05) is 24.2 Å². The zero-order valence-corrected chi connectivity index (χ0v) is 25.9. The maximum atomic E-state index is 11.5. The van der Waals surface area contributed by atoms with E-state index >= 15 is 0 Å². The van der Waals surface area contributed by atoms with Crippen molar-refractivity contribution in [1.82, 2.24) is 20.6 Å². The Morgan fingerprint density at radius 1 is 0.814 bits per heavy atom. The van der Waals surface area contributed by atoms with Gasteiger partial charge >= 0.3 is 29.0 Å². The summed E-state index contributed by atoms with van der Waals surface area (Å²) in [5, 5.41) is 27.6. The Morgan fingerprint density at radius 3 is 2.07 bits per heavy atom. The van der Waals surface area contributed by atoms with Gasteiger partial charge in [0.15, 0.2) is 0 Å². The summed E-state index contributed by atoms with van der Waals surface area (Å²) in [6.07, 6.45) is 12.5. The maximum Gasteiger partial charge on any atom is 5.00 e. The summed E-state index contributed by atoms with van der Waals surface area (Å²) in [5.74, 6) is -1.74. The van der Waals surface area contributed by atoms with Crippen LogP contribution >= 0.6 is 0 Å². The predicted octanol–water partition coefficient (Wildman–Crippen LogP) is 3.46. The average Bonchev–Trinajstić information content (AvgIpc) is 3.59. The third kappa shape index (κ3) is 6.01. The van der Waals surface area contributed by atoms with Crippen LogP contribution in [0, 0.1) is 13.8 Å². The Balaban J connectivity index is 0.00000423. The molecule has 8 bridgehead atoms. The minimum absolute atomic E-state index is 0. The van der Waals surface area contributed by atoms with Crippen LogP contribution in [0.15, 0.2) is 52.9 Å². The quantitative estimate of drug-likeness (QED) is 0.331. The van der Waals surface area contributed by atoms with E-state index in [2.05, 4.69) is 36.8 Å². The maximum absolute atomic E-state index is 11.5. The van der Waals surface area contributed by atoms with Crippen molar-refractivity contribution in [3.05, 3.63) is 97.3 Å². The molecule has 2 aromatic heterocycles. The fourth-order valence-corrected chi connectivity index (χ4v) is 6.13. The number of allylic oxidation sites excluding steroid dienone is 2. The van der Waals surface area contributed by atoms with Crippen LogP contribution < -0.4 is 31.3 Å². The summed E-state index contributed by atoms with van der Waals surface area (Å²) in [6, 6.07) is -0.479. The summed E-state index contributed by atoms with van der Waals surface area (Å²) in [4.78, 5) is 33.1. The minimum atomic E-state index is -0.872. The van der Waals surface area contributed by atoms with Crippen molar-refractivity contribution in [3.8, 4) is 0 Å². The molecule has 2 aromatic rings. The number of carboxylic acid groups (broad SMARTS) is 2. The third-order valence-electron chi connectivity index (χ3n) is 8.58. The zero-order chi connectivity index (χ0) is 30.3. The van der Waals surface area contributed by atoms with Gasteiger partial charge in [0.25, 0.3) is 0 Å². The molecule has 3 aliphatic heterocycles. The van der Waals surface area contributed by atoms with Crippen molar-refractivity contribution in [2.75, 3.05) is 0 Å². The minimum Gasteiger partial charge on any atom is -0.658 e. The van der Waals surface area contributed by atoms with Gasteiger partial charge in [-0.05, 0) is 68.4 Å². The number of hydrogen-bond acceptors (Lipinski definition) is 4. The summed E-state index contributed by atoms with van der Waals surface area (Å²) < 4.78 is 0. The van der Waals surface area contributed by atoms with E-state index in [0.29, 0.717) is 18.2 Å². The number of hydrogen-bond donors (Lipinski definition) is 4. The molecular formula is C34H36FeN4O4+3. The third-order valence-corrected chi connectivity index (χ3v) is 8.58. The van der Waals surface area contributed by atoms with E-state index in [4.69, 9.17) is 9.97 Å². The molecule has 221 valence electrons. The second-order valence-electron chi connectivity index (χ2n) is 11.0. The van der Waals surface area contributed by atoms with E-state index < -0.39 is 11.9 Å². The molecule has 2 atom stereocenters. The molecule has 5 heterocycles. The molecule has 2 unspecified atom stereocenters. The van der Waals surface area contributed by atoms with Gasteiger partial charge in [0.05, 0.1) is 12.1 Å². The van der Waals surface area contributed by atoms with E-state index in [9.17, 15) is 19.8 Å². The molecule has 0 saturated carbocycles. The molecule has 3 aliphatic rings. The fraction of sp³-hybridized carbons (Fsp3) is 0.294. The number of aromatic nitrogens is 2. The van der Waals surface area contributed by atoms with Crippen molar-refractivity contribution < 1.29 is 36.9 Å². The average molecular weight is 621 g/mol. The van der Waals surface area contributed by atoms with Crippen molar-refractivity contribution in [2.45, 2.75) is 65.5 Å². The number of fused-ring (bicyclic) bond motifs is 8. The number of aliphatic carboxylic acids is 2. The van der Waals surface area contributed by atoms with Crippen LogP contribution in [-0.2, 0) is 33.1 Å². The topological polar surface area (TPSA) is 127 Å². The summed E-state index contributed by atoms with van der Waals surface area (Å²) in [7, 11) is 0. The number of nitrogens with zero attached hydrogens (tertiary/aromatic N) is 2. The number of rotatable bonds is 8. The van der Waals surface area contributed by atoms with E-state index in [1.807, 2.05) is 51.2 Å². The molecule has 0 aromatic carbocycles. The first-order valence-corrected chi connectivity index (χ1v) is 14.1. The fourth-order valence-electron chi connectivity index (χ4n) is 6.13. The Morgan fingerprint density at radius 2 is 1.42 bits per heavy atom. The first kappa shape index (κ1) is 31.7. The van der Waals surface area contributed by atoms with E-state index in [1.165, 1.54) is 0 Å². The first-order valence-electron chi connectivity index (χ1n) is 14.1. The Labute approximate surface area is 261 Å². The molecule has 0 aliphatic carbocycles. The first-order chi connectivity index (χ1) is 20.0. The molecular weight excluding hydrogens is 584 g/mol. The van der Waals surface area contributed by atoms with Gasteiger partial charge in [0.1, 0.15) is 0 Å².